The van der Waals surface area contributed by atoms with Gasteiger partial charge in [0.15, 0.2) is 6.29 Å². The number of carbonyl (C=O) groups excluding carboxylic acids is 2. The number of hydrogen-bond acceptors (Lipinski definition) is 6. The number of hydrogen-bond donors (Lipinski definition) is 1. The molecule has 0 aromatic rings. The van der Waals surface area contributed by atoms with Gasteiger partial charge in [0.2, 0.25) is 0 Å². The maximum atomic E-state index is 11.3. The van der Waals surface area contributed by atoms with Crippen LogP contribution >= 0.6 is 0 Å². The van der Waals surface area contributed by atoms with Crippen LogP contribution in [0.5, 0.6) is 0 Å². The molecule has 0 aromatic carbocycles. The Kier molecular flexibility index (Phi) is 14.0. The van der Waals surface area contributed by atoms with Crippen molar-refractivity contribution in [3.63, 3.8) is 0 Å². The van der Waals surface area contributed by atoms with Crippen molar-refractivity contribution in [2.75, 3.05) is 20.3 Å². The molecule has 130 valence electrons. The molecule has 0 heterocycles. The second kappa shape index (κ2) is 14.8. The van der Waals surface area contributed by atoms with Crippen LogP contribution in [0.1, 0.15) is 64.7 Å². The van der Waals surface area contributed by atoms with E-state index >= 15 is 0 Å². The van der Waals surface area contributed by atoms with Gasteiger partial charge < -0.3 is 19.3 Å². The average Bonchev–Trinajstić information content (AvgIpc) is 2.50. The van der Waals surface area contributed by atoms with Crippen LogP contribution in [0.25, 0.3) is 0 Å². The lowest BCUT2D eigenvalue weighted by atomic mass is 10.2. The summed E-state index contributed by atoms with van der Waals surface area (Å²) in [6.07, 6.45) is 5.13. The second-order valence-corrected chi connectivity index (χ2v) is 5.18. The molecular weight excluding hydrogens is 288 g/mol. The highest BCUT2D eigenvalue weighted by molar-refractivity contribution is 5.69. The van der Waals surface area contributed by atoms with Crippen molar-refractivity contribution in [3.05, 3.63) is 0 Å². The van der Waals surface area contributed by atoms with Gasteiger partial charge in [-0.25, -0.2) is 0 Å². The highest BCUT2D eigenvalue weighted by Gasteiger charge is 2.07. The van der Waals surface area contributed by atoms with Crippen LogP contribution in [0, 0.1) is 0 Å². The minimum absolute atomic E-state index is 0.202. The minimum Gasteiger partial charge on any atom is -0.469 e. The monoisotopic (exact) mass is 318 g/mol. The summed E-state index contributed by atoms with van der Waals surface area (Å²) >= 11 is 0. The summed E-state index contributed by atoms with van der Waals surface area (Å²) in [6.45, 7) is 2.96. The molecule has 0 radical (unpaired) electrons. The molecule has 22 heavy (non-hydrogen) atoms. The molecule has 0 saturated heterocycles. The van der Waals surface area contributed by atoms with Gasteiger partial charge >= 0.3 is 11.9 Å². The van der Waals surface area contributed by atoms with E-state index < -0.39 is 6.29 Å². The Morgan fingerprint density at radius 2 is 1.68 bits per heavy atom. The van der Waals surface area contributed by atoms with Gasteiger partial charge in [0.1, 0.15) is 0 Å². The first kappa shape index (κ1) is 20.9. The van der Waals surface area contributed by atoms with E-state index in [1.165, 1.54) is 7.11 Å². The lowest BCUT2D eigenvalue weighted by Crippen LogP contribution is -2.14. The Morgan fingerprint density at radius 1 is 0.955 bits per heavy atom. The molecule has 0 spiro atoms. The zero-order valence-corrected chi connectivity index (χ0v) is 13.8. The normalized spacial score (nSPS) is 12.0. The first-order chi connectivity index (χ1) is 10.6. The molecule has 0 aliphatic rings. The van der Waals surface area contributed by atoms with Crippen LogP contribution in [-0.4, -0.2) is 43.7 Å². The molecule has 0 aromatic heterocycles. The smallest absolute Gasteiger partial charge is 0.305 e. The van der Waals surface area contributed by atoms with Crippen molar-refractivity contribution in [3.8, 4) is 0 Å². The van der Waals surface area contributed by atoms with Crippen LogP contribution < -0.4 is 0 Å². The van der Waals surface area contributed by atoms with E-state index in [0.29, 0.717) is 38.9 Å². The topological polar surface area (TPSA) is 82.1 Å². The van der Waals surface area contributed by atoms with E-state index in [4.69, 9.17) is 9.47 Å². The van der Waals surface area contributed by atoms with E-state index in [-0.39, 0.29) is 11.9 Å². The molecule has 1 N–H and O–H groups in total. The predicted octanol–water partition coefficient (Wildman–Crippen LogP) is 2.57. The van der Waals surface area contributed by atoms with Gasteiger partial charge in [-0.2, -0.15) is 0 Å². The van der Waals surface area contributed by atoms with Crippen LogP contribution in [0.4, 0.5) is 0 Å². The molecule has 0 aliphatic carbocycles. The Balaban J connectivity index is 3.37. The third-order valence-electron chi connectivity index (χ3n) is 3.16. The highest BCUT2D eigenvalue weighted by atomic mass is 16.6. The second-order valence-electron chi connectivity index (χ2n) is 5.18. The van der Waals surface area contributed by atoms with Crippen LogP contribution in [-0.2, 0) is 23.8 Å². The standard InChI is InChI=1S/C16H30O6/c1-3-4-12-21-15(18)10-8-11-16(19)22-13-7-5-6-9-14(17)20-2/h16,19H,3-13H2,1-2H3. The Morgan fingerprint density at radius 3 is 2.36 bits per heavy atom. The maximum absolute atomic E-state index is 11.3. The Labute approximate surface area is 133 Å². The van der Waals surface area contributed by atoms with E-state index in [9.17, 15) is 14.7 Å². The van der Waals surface area contributed by atoms with Gasteiger partial charge in [0, 0.05) is 19.4 Å². The highest BCUT2D eigenvalue weighted by Crippen LogP contribution is 2.06. The zero-order chi connectivity index (χ0) is 16.6. The fourth-order valence-electron chi connectivity index (χ4n) is 1.78. The molecule has 0 aliphatic heterocycles. The number of esters is 2. The number of rotatable bonds is 14. The summed E-state index contributed by atoms with van der Waals surface area (Å²) in [4.78, 5) is 22.2. The van der Waals surface area contributed by atoms with Crippen molar-refractivity contribution in [2.24, 2.45) is 0 Å². The Bertz CT molecular complexity index is 292. The van der Waals surface area contributed by atoms with Crippen LogP contribution in [0.3, 0.4) is 0 Å². The van der Waals surface area contributed by atoms with Crippen molar-refractivity contribution in [1.82, 2.24) is 0 Å². The van der Waals surface area contributed by atoms with E-state index in [1.54, 1.807) is 0 Å². The molecule has 0 rings (SSSR count). The molecule has 0 fully saturated rings. The fraction of sp³-hybridized carbons (Fsp3) is 0.875. The van der Waals surface area contributed by atoms with Gasteiger partial charge in [-0.15, -0.1) is 0 Å². The first-order valence-electron chi connectivity index (χ1n) is 8.12. The molecule has 6 heteroatoms. The number of methoxy groups -OCH3 is 1. The quantitative estimate of drug-likeness (QED) is 0.301. The number of ether oxygens (including phenoxy) is 3. The molecule has 0 amide bonds. The number of unbranched alkanes of at least 4 members (excludes halogenated alkanes) is 3. The van der Waals surface area contributed by atoms with E-state index in [1.807, 2.05) is 6.92 Å². The summed E-state index contributed by atoms with van der Waals surface area (Å²) in [6, 6.07) is 0. The number of carbonyl (C=O) groups is 2. The summed E-state index contributed by atoms with van der Waals surface area (Å²) in [5, 5.41) is 9.61. The SMILES string of the molecule is CCCCOC(=O)CCCC(O)OCCCCCC(=O)OC. The molecular formula is C16H30O6. The fourth-order valence-corrected chi connectivity index (χ4v) is 1.78. The van der Waals surface area contributed by atoms with Crippen molar-refractivity contribution >= 4 is 11.9 Å². The Hall–Kier alpha value is -1.14. The van der Waals surface area contributed by atoms with Crippen molar-refractivity contribution < 1.29 is 28.9 Å². The molecule has 6 nitrogen and oxygen atoms in total. The van der Waals surface area contributed by atoms with E-state index in [0.717, 1.165) is 32.1 Å². The summed E-state index contributed by atoms with van der Waals surface area (Å²) in [7, 11) is 1.38. The molecule has 0 bridgehead atoms. The van der Waals surface area contributed by atoms with Crippen molar-refractivity contribution in [2.45, 2.75) is 71.0 Å². The van der Waals surface area contributed by atoms with Gasteiger partial charge in [-0.05, 0) is 32.1 Å². The van der Waals surface area contributed by atoms with Gasteiger partial charge in [-0.1, -0.05) is 19.8 Å². The molecule has 0 saturated carbocycles. The van der Waals surface area contributed by atoms with Gasteiger partial charge in [-0.3, -0.25) is 9.59 Å². The zero-order valence-electron chi connectivity index (χ0n) is 13.8. The summed E-state index contributed by atoms with van der Waals surface area (Å²) in [5.41, 5.74) is 0. The lowest BCUT2D eigenvalue weighted by molar-refractivity contribution is -0.145. The number of aliphatic hydroxyl groups excluding tert-OH is 1. The maximum Gasteiger partial charge on any atom is 0.305 e. The predicted molar refractivity (Wildman–Crippen MR) is 82.2 cm³/mol. The summed E-state index contributed by atoms with van der Waals surface area (Å²) < 4.78 is 14.8. The third kappa shape index (κ3) is 13.8. The lowest BCUT2D eigenvalue weighted by Gasteiger charge is -2.11. The number of aliphatic hydroxyl groups is 1. The van der Waals surface area contributed by atoms with Crippen molar-refractivity contribution in [1.29, 1.82) is 0 Å². The molecule has 1 unspecified atom stereocenters. The average molecular weight is 318 g/mol. The third-order valence-corrected chi connectivity index (χ3v) is 3.16. The van der Waals surface area contributed by atoms with Crippen LogP contribution in [0.15, 0.2) is 0 Å². The van der Waals surface area contributed by atoms with Gasteiger partial charge in [0.25, 0.3) is 0 Å². The largest absolute Gasteiger partial charge is 0.469 e. The first-order valence-corrected chi connectivity index (χ1v) is 8.12. The summed E-state index contributed by atoms with van der Waals surface area (Å²) in [5.74, 6) is -0.421. The van der Waals surface area contributed by atoms with Crippen LogP contribution in [0.2, 0.25) is 0 Å². The van der Waals surface area contributed by atoms with Gasteiger partial charge in [0.05, 0.1) is 13.7 Å². The minimum atomic E-state index is -0.843. The van der Waals surface area contributed by atoms with E-state index in [2.05, 4.69) is 4.74 Å². The molecule has 1 atom stereocenters.